The zero-order valence-electron chi connectivity index (χ0n) is 9.74. The molecule has 2 rings (SSSR count). The highest BCUT2D eigenvalue weighted by Gasteiger charge is 2.27. The van der Waals surface area contributed by atoms with E-state index in [4.69, 9.17) is 21.6 Å². The smallest absolute Gasteiger partial charge is 0.103 e. The first-order valence-corrected chi connectivity index (χ1v) is 6.12. The fraction of sp³-hybridized carbons (Fsp3) is 0.462. The Kier molecular flexibility index (Phi) is 3.88. The largest absolute Gasteiger partial charge is 0.379 e. The Hall–Kier alpha value is -1.24. The highest BCUT2D eigenvalue weighted by Crippen LogP contribution is 2.29. The van der Waals surface area contributed by atoms with Crippen LogP contribution in [0.4, 0.5) is 5.69 Å². The molecule has 1 aliphatic carbocycles. The molecule has 0 saturated heterocycles. The molecule has 2 atom stereocenters. The van der Waals surface area contributed by atoms with Crippen LogP contribution in [0.1, 0.15) is 24.8 Å². The molecular weight excluding hydrogens is 236 g/mol. The maximum atomic E-state index is 9.09. The van der Waals surface area contributed by atoms with Crippen molar-refractivity contribution in [1.82, 2.24) is 0 Å². The minimum atomic E-state index is 0.223. The van der Waals surface area contributed by atoms with Crippen molar-refractivity contribution in [1.29, 1.82) is 5.26 Å². The average molecular weight is 251 g/mol. The Bertz CT molecular complexity index is 442. The zero-order valence-corrected chi connectivity index (χ0v) is 10.5. The normalized spacial score (nSPS) is 23.4. The van der Waals surface area contributed by atoms with E-state index in [-0.39, 0.29) is 12.1 Å². The first-order chi connectivity index (χ1) is 8.26. The average Bonchev–Trinajstić information content (AvgIpc) is 2.77. The molecule has 0 aliphatic heterocycles. The third kappa shape index (κ3) is 2.54. The summed E-state index contributed by atoms with van der Waals surface area (Å²) >= 11 is 5.99. The summed E-state index contributed by atoms with van der Waals surface area (Å²) in [6.07, 6.45) is 3.51. The topological polar surface area (TPSA) is 45.0 Å². The molecule has 1 saturated carbocycles. The van der Waals surface area contributed by atoms with Gasteiger partial charge in [0.1, 0.15) is 6.07 Å². The lowest BCUT2D eigenvalue weighted by Gasteiger charge is -2.21. The molecule has 1 fully saturated rings. The van der Waals surface area contributed by atoms with Crippen LogP contribution in [0.25, 0.3) is 0 Å². The van der Waals surface area contributed by atoms with Crippen LogP contribution >= 0.6 is 11.6 Å². The third-order valence-electron chi connectivity index (χ3n) is 3.22. The van der Waals surface area contributed by atoms with Crippen LogP contribution in [0.2, 0.25) is 5.02 Å². The van der Waals surface area contributed by atoms with Gasteiger partial charge in [0.2, 0.25) is 0 Å². The summed E-state index contributed by atoms with van der Waals surface area (Å²) in [7, 11) is 1.73. The maximum absolute atomic E-state index is 9.09. The molecule has 0 aromatic heterocycles. The van der Waals surface area contributed by atoms with Gasteiger partial charge < -0.3 is 10.1 Å². The fourth-order valence-corrected chi connectivity index (χ4v) is 2.55. The van der Waals surface area contributed by atoms with Crippen molar-refractivity contribution in [3.8, 4) is 6.07 Å². The van der Waals surface area contributed by atoms with Gasteiger partial charge in [-0.2, -0.15) is 5.26 Å². The zero-order chi connectivity index (χ0) is 12.3. The standard InChI is InChI=1S/C13H15ClN2O/c1-17-13-7-3-6-12(13)16-11-5-2-4-10(14)9(11)8-15/h2,4-5,12-13,16H,3,6-7H2,1H3. The SMILES string of the molecule is COC1CCCC1Nc1cccc(Cl)c1C#N. The van der Waals surface area contributed by atoms with Crippen molar-refractivity contribution in [2.45, 2.75) is 31.4 Å². The molecule has 1 aromatic rings. The predicted octanol–water partition coefficient (Wildman–Crippen LogP) is 3.19. The van der Waals surface area contributed by atoms with Gasteiger partial charge in [-0.05, 0) is 31.4 Å². The monoisotopic (exact) mass is 250 g/mol. The number of nitriles is 1. The number of ether oxygens (including phenoxy) is 1. The summed E-state index contributed by atoms with van der Waals surface area (Å²) in [5.74, 6) is 0. The molecule has 0 radical (unpaired) electrons. The summed E-state index contributed by atoms with van der Waals surface area (Å²) in [5.41, 5.74) is 1.31. The molecule has 1 N–H and O–H groups in total. The number of anilines is 1. The van der Waals surface area contributed by atoms with Gasteiger partial charge in [-0.3, -0.25) is 0 Å². The van der Waals surface area contributed by atoms with E-state index in [1.165, 1.54) is 0 Å². The number of halogens is 1. The van der Waals surface area contributed by atoms with Crippen molar-refractivity contribution >= 4 is 17.3 Å². The van der Waals surface area contributed by atoms with Crippen molar-refractivity contribution in [2.75, 3.05) is 12.4 Å². The van der Waals surface area contributed by atoms with Crippen molar-refractivity contribution in [2.24, 2.45) is 0 Å². The highest BCUT2D eigenvalue weighted by molar-refractivity contribution is 6.32. The number of rotatable bonds is 3. The summed E-state index contributed by atoms with van der Waals surface area (Å²) in [5, 5.41) is 13.0. The van der Waals surface area contributed by atoms with E-state index in [0.717, 1.165) is 24.9 Å². The maximum Gasteiger partial charge on any atom is 0.103 e. The summed E-state index contributed by atoms with van der Waals surface area (Å²) in [4.78, 5) is 0. The molecule has 1 aromatic carbocycles. The molecule has 0 heterocycles. The number of nitrogens with one attached hydrogen (secondary N) is 1. The van der Waals surface area contributed by atoms with Crippen molar-refractivity contribution in [3.63, 3.8) is 0 Å². The van der Waals surface area contributed by atoms with Crippen LogP contribution in [0.5, 0.6) is 0 Å². The Balaban J connectivity index is 2.19. The Labute approximate surface area is 106 Å². The second-order valence-corrected chi connectivity index (χ2v) is 4.64. The van der Waals surface area contributed by atoms with Crippen LogP contribution in [0.15, 0.2) is 18.2 Å². The van der Waals surface area contributed by atoms with Crippen molar-refractivity contribution in [3.05, 3.63) is 28.8 Å². The molecule has 0 spiro atoms. The van der Waals surface area contributed by atoms with Crippen LogP contribution in [0.3, 0.4) is 0 Å². The van der Waals surface area contributed by atoms with Gasteiger partial charge in [0.15, 0.2) is 0 Å². The van der Waals surface area contributed by atoms with E-state index in [0.29, 0.717) is 10.6 Å². The van der Waals surface area contributed by atoms with E-state index >= 15 is 0 Å². The molecule has 17 heavy (non-hydrogen) atoms. The van der Waals surface area contributed by atoms with Crippen molar-refractivity contribution < 1.29 is 4.74 Å². The van der Waals surface area contributed by atoms with Crippen LogP contribution in [-0.4, -0.2) is 19.3 Å². The lowest BCUT2D eigenvalue weighted by atomic mass is 10.1. The van der Waals surface area contributed by atoms with E-state index in [1.54, 1.807) is 13.2 Å². The fourth-order valence-electron chi connectivity index (χ4n) is 2.33. The predicted molar refractivity (Wildman–Crippen MR) is 68.2 cm³/mol. The molecular formula is C13H15ClN2O. The van der Waals surface area contributed by atoms with E-state index in [2.05, 4.69) is 11.4 Å². The summed E-state index contributed by atoms with van der Waals surface area (Å²) in [6.45, 7) is 0. The first kappa shape index (κ1) is 12.2. The molecule has 2 unspecified atom stereocenters. The number of nitrogens with zero attached hydrogens (tertiary/aromatic N) is 1. The van der Waals surface area contributed by atoms with E-state index < -0.39 is 0 Å². The minimum absolute atomic E-state index is 0.223. The van der Waals surface area contributed by atoms with Gasteiger partial charge in [-0.15, -0.1) is 0 Å². The van der Waals surface area contributed by atoms with Gasteiger partial charge >= 0.3 is 0 Å². The second kappa shape index (κ2) is 5.39. The van der Waals surface area contributed by atoms with Crippen LogP contribution in [-0.2, 0) is 4.74 Å². The summed E-state index contributed by atoms with van der Waals surface area (Å²) < 4.78 is 5.42. The number of methoxy groups -OCH3 is 1. The Morgan fingerprint density at radius 1 is 1.47 bits per heavy atom. The number of hydrogen-bond acceptors (Lipinski definition) is 3. The Morgan fingerprint density at radius 3 is 3.00 bits per heavy atom. The van der Waals surface area contributed by atoms with E-state index in [9.17, 15) is 0 Å². The lowest BCUT2D eigenvalue weighted by molar-refractivity contribution is 0.101. The summed E-state index contributed by atoms with van der Waals surface area (Å²) in [6, 6.07) is 7.87. The minimum Gasteiger partial charge on any atom is -0.379 e. The third-order valence-corrected chi connectivity index (χ3v) is 3.54. The number of hydrogen-bond donors (Lipinski definition) is 1. The van der Waals surface area contributed by atoms with Gasteiger partial charge in [-0.1, -0.05) is 17.7 Å². The van der Waals surface area contributed by atoms with Gasteiger partial charge in [0.25, 0.3) is 0 Å². The molecule has 4 heteroatoms. The van der Waals surface area contributed by atoms with E-state index in [1.807, 2.05) is 12.1 Å². The quantitative estimate of drug-likeness (QED) is 0.896. The molecule has 0 amide bonds. The van der Waals surface area contributed by atoms with Crippen LogP contribution < -0.4 is 5.32 Å². The van der Waals surface area contributed by atoms with Gasteiger partial charge in [-0.25, -0.2) is 0 Å². The highest BCUT2D eigenvalue weighted by atomic mass is 35.5. The van der Waals surface area contributed by atoms with Crippen LogP contribution in [0, 0.1) is 11.3 Å². The molecule has 90 valence electrons. The molecule has 0 bridgehead atoms. The lowest BCUT2D eigenvalue weighted by Crippen LogP contribution is -2.30. The number of benzene rings is 1. The molecule has 1 aliphatic rings. The van der Waals surface area contributed by atoms with Gasteiger partial charge in [0, 0.05) is 7.11 Å². The Morgan fingerprint density at radius 2 is 2.29 bits per heavy atom. The second-order valence-electron chi connectivity index (χ2n) is 4.23. The first-order valence-electron chi connectivity index (χ1n) is 5.74. The molecule has 3 nitrogen and oxygen atoms in total. The van der Waals surface area contributed by atoms with Gasteiger partial charge in [0.05, 0.1) is 28.4 Å².